The third kappa shape index (κ3) is 6.35. The van der Waals surface area contributed by atoms with Crippen LogP contribution in [0.15, 0.2) is 6.20 Å². The van der Waals surface area contributed by atoms with E-state index < -0.39 is 5.97 Å². The highest BCUT2D eigenvalue weighted by Gasteiger charge is 2.16. The molecule has 1 heterocycles. The second-order valence-corrected chi connectivity index (χ2v) is 6.04. The van der Waals surface area contributed by atoms with Gasteiger partial charge in [0.05, 0.1) is 19.3 Å². The molecule has 1 saturated carbocycles. The first-order valence-corrected chi connectivity index (χ1v) is 8.17. The molecule has 1 aliphatic carbocycles. The maximum absolute atomic E-state index is 11.7. The Bertz CT molecular complexity index is 580. The van der Waals surface area contributed by atoms with E-state index >= 15 is 0 Å². The van der Waals surface area contributed by atoms with Crippen LogP contribution in [0.4, 0.5) is 0 Å². The monoisotopic (exact) mass is 337 g/mol. The standard InChI is InChI=1S/C15H23N5O4/c21-13(6-5-11-3-1-2-4-11)17-8-14(22)16-7-12-9-20(19-18-12)10-15(23)24/h9,11H,1-8,10H2,(H,16,22)(H,17,21)(H,23,24). The minimum absolute atomic E-state index is 0.0766. The van der Waals surface area contributed by atoms with Crippen molar-refractivity contribution < 1.29 is 19.5 Å². The molecule has 0 unspecified atom stereocenters. The third-order valence-electron chi connectivity index (χ3n) is 4.05. The van der Waals surface area contributed by atoms with Crippen LogP contribution in [-0.2, 0) is 27.5 Å². The SMILES string of the molecule is O=C(O)Cn1cc(CNC(=O)CNC(=O)CCC2CCCC2)nn1. The molecule has 1 aromatic rings. The maximum atomic E-state index is 11.7. The van der Waals surface area contributed by atoms with Gasteiger partial charge in [0.15, 0.2) is 0 Å². The Hall–Kier alpha value is -2.45. The van der Waals surface area contributed by atoms with E-state index in [9.17, 15) is 14.4 Å². The normalized spacial score (nSPS) is 14.5. The van der Waals surface area contributed by atoms with E-state index in [0.717, 1.165) is 6.42 Å². The molecule has 0 atom stereocenters. The van der Waals surface area contributed by atoms with E-state index in [1.807, 2.05) is 0 Å². The molecule has 2 rings (SSSR count). The van der Waals surface area contributed by atoms with Crippen molar-refractivity contribution >= 4 is 17.8 Å². The Kier molecular flexibility index (Phi) is 6.71. The van der Waals surface area contributed by atoms with Crippen LogP contribution in [0.5, 0.6) is 0 Å². The van der Waals surface area contributed by atoms with Gasteiger partial charge in [0.1, 0.15) is 12.2 Å². The van der Waals surface area contributed by atoms with Gasteiger partial charge >= 0.3 is 5.97 Å². The van der Waals surface area contributed by atoms with Crippen molar-refractivity contribution in [3.8, 4) is 0 Å². The summed E-state index contributed by atoms with van der Waals surface area (Å²) in [5, 5.41) is 21.2. The zero-order valence-corrected chi connectivity index (χ0v) is 13.5. The Labute approximate surface area is 139 Å². The van der Waals surface area contributed by atoms with Crippen LogP contribution in [0, 0.1) is 5.92 Å². The van der Waals surface area contributed by atoms with E-state index in [0.29, 0.717) is 18.0 Å². The van der Waals surface area contributed by atoms with Gasteiger partial charge in [0, 0.05) is 6.42 Å². The summed E-state index contributed by atoms with van der Waals surface area (Å²) in [5.74, 6) is -0.796. The summed E-state index contributed by atoms with van der Waals surface area (Å²) < 4.78 is 1.18. The first-order chi connectivity index (χ1) is 11.5. The molecule has 0 radical (unpaired) electrons. The van der Waals surface area contributed by atoms with Gasteiger partial charge in [-0.3, -0.25) is 14.4 Å². The van der Waals surface area contributed by atoms with E-state index in [1.54, 1.807) is 0 Å². The fourth-order valence-electron chi connectivity index (χ4n) is 2.79. The fraction of sp³-hybridized carbons (Fsp3) is 0.667. The molecule has 9 heteroatoms. The first kappa shape index (κ1) is 17.9. The molecule has 3 N–H and O–H groups in total. The third-order valence-corrected chi connectivity index (χ3v) is 4.05. The van der Waals surface area contributed by atoms with Gasteiger partial charge in [-0.1, -0.05) is 30.9 Å². The van der Waals surface area contributed by atoms with E-state index in [1.165, 1.54) is 36.6 Å². The quantitative estimate of drug-likeness (QED) is 0.585. The van der Waals surface area contributed by atoms with Gasteiger partial charge in [-0.05, 0) is 12.3 Å². The summed E-state index contributed by atoms with van der Waals surface area (Å²) in [5.41, 5.74) is 0.456. The number of carbonyl (C=O) groups is 3. The van der Waals surface area contributed by atoms with Crippen molar-refractivity contribution in [3.63, 3.8) is 0 Å². The van der Waals surface area contributed by atoms with Crippen molar-refractivity contribution in [3.05, 3.63) is 11.9 Å². The molecule has 0 aliphatic heterocycles. The van der Waals surface area contributed by atoms with Gasteiger partial charge in [-0.15, -0.1) is 5.10 Å². The van der Waals surface area contributed by atoms with Crippen molar-refractivity contribution in [2.24, 2.45) is 5.92 Å². The lowest BCUT2D eigenvalue weighted by atomic mass is 10.0. The predicted octanol–water partition coefficient (Wildman–Crippen LogP) is 0.0655. The van der Waals surface area contributed by atoms with Gasteiger partial charge in [-0.25, -0.2) is 4.68 Å². The van der Waals surface area contributed by atoms with Gasteiger partial charge in [0.2, 0.25) is 11.8 Å². The smallest absolute Gasteiger partial charge is 0.325 e. The number of carboxylic acids is 1. The maximum Gasteiger partial charge on any atom is 0.325 e. The highest BCUT2D eigenvalue weighted by molar-refractivity contribution is 5.84. The van der Waals surface area contributed by atoms with Crippen molar-refractivity contribution in [1.29, 1.82) is 0 Å². The van der Waals surface area contributed by atoms with Crippen LogP contribution in [0.3, 0.4) is 0 Å². The predicted molar refractivity (Wildman–Crippen MR) is 83.7 cm³/mol. The highest BCUT2D eigenvalue weighted by Crippen LogP contribution is 2.28. The fourth-order valence-corrected chi connectivity index (χ4v) is 2.79. The second-order valence-electron chi connectivity index (χ2n) is 6.04. The Morgan fingerprint density at radius 3 is 2.67 bits per heavy atom. The van der Waals surface area contributed by atoms with Crippen LogP contribution in [0.1, 0.15) is 44.2 Å². The molecule has 1 aliphatic rings. The molecule has 24 heavy (non-hydrogen) atoms. The zero-order valence-electron chi connectivity index (χ0n) is 13.5. The summed E-state index contributed by atoms with van der Waals surface area (Å²) in [7, 11) is 0. The molecule has 0 spiro atoms. The van der Waals surface area contributed by atoms with Gasteiger partial charge in [0.25, 0.3) is 0 Å². The molecule has 0 saturated heterocycles. The summed E-state index contributed by atoms with van der Waals surface area (Å²) in [6, 6.07) is 0. The molecule has 1 aromatic heterocycles. The molecule has 9 nitrogen and oxygen atoms in total. The molecule has 0 aromatic carbocycles. The number of hydrogen-bond acceptors (Lipinski definition) is 5. The number of carbonyl (C=O) groups excluding carboxylic acids is 2. The second kappa shape index (κ2) is 8.99. The van der Waals surface area contributed by atoms with Crippen LogP contribution < -0.4 is 10.6 Å². The summed E-state index contributed by atoms with van der Waals surface area (Å²) in [6.45, 7) is -0.221. The minimum atomic E-state index is -1.02. The number of carboxylic acid groups (broad SMARTS) is 1. The molecule has 132 valence electrons. The van der Waals surface area contributed by atoms with Gasteiger partial charge < -0.3 is 15.7 Å². The average molecular weight is 337 g/mol. The zero-order chi connectivity index (χ0) is 17.4. The molecular weight excluding hydrogens is 314 g/mol. The summed E-state index contributed by atoms with van der Waals surface area (Å²) in [6.07, 6.45) is 7.72. The van der Waals surface area contributed by atoms with Crippen LogP contribution >= 0.6 is 0 Å². The van der Waals surface area contributed by atoms with E-state index in [4.69, 9.17) is 5.11 Å². The number of nitrogens with one attached hydrogen (secondary N) is 2. The lowest BCUT2D eigenvalue weighted by Gasteiger charge is -2.09. The Morgan fingerprint density at radius 2 is 1.96 bits per heavy atom. The number of nitrogens with zero attached hydrogens (tertiary/aromatic N) is 3. The Balaban J connectivity index is 1.59. The largest absolute Gasteiger partial charge is 0.480 e. The molecule has 1 fully saturated rings. The number of aromatic nitrogens is 3. The number of amides is 2. The minimum Gasteiger partial charge on any atom is -0.480 e. The molecular formula is C15H23N5O4. The topological polar surface area (TPSA) is 126 Å². The first-order valence-electron chi connectivity index (χ1n) is 8.17. The number of rotatable bonds is 9. The lowest BCUT2D eigenvalue weighted by molar-refractivity contribution is -0.138. The van der Waals surface area contributed by atoms with Crippen LogP contribution in [0.2, 0.25) is 0 Å². The van der Waals surface area contributed by atoms with Crippen LogP contribution in [0.25, 0.3) is 0 Å². The lowest BCUT2D eigenvalue weighted by Crippen LogP contribution is -2.36. The Morgan fingerprint density at radius 1 is 1.21 bits per heavy atom. The van der Waals surface area contributed by atoms with Crippen molar-refractivity contribution in [2.75, 3.05) is 6.54 Å². The number of aliphatic carboxylic acids is 1. The van der Waals surface area contributed by atoms with E-state index in [-0.39, 0.29) is 31.4 Å². The number of hydrogen-bond donors (Lipinski definition) is 3. The summed E-state index contributed by atoms with van der Waals surface area (Å²) >= 11 is 0. The molecule has 2 amide bonds. The van der Waals surface area contributed by atoms with E-state index in [2.05, 4.69) is 20.9 Å². The van der Waals surface area contributed by atoms with Crippen molar-refractivity contribution in [2.45, 2.75) is 51.6 Å². The summed E-state index contributed by atoms with van der Waals surface area (Å²) in [4.78, 5) is 33.9. The van der Waals surface area contributed by atoms with Gasteiger partial charge in [-0.2, -0.15) is 0 Å². The van der Waals surface area contributed by atoms with Crippen molar-refractivity contribution in [1.82, 2.24) is 25.6 Å². The molecule has 0 bridgehead atoms. The average Bonchev–Trinajstić information content (AvgIpc) is 3.20. The van der Waals surface area contributed by atoms with Crippen LogP contribution in [-0.4, -0.2) is 44.4 Å². The highest BCUT2D eigenvalue weighted by atomic mass is 16.4.